The maximum atomic E-state index is 12.7. The Hall–Kier alpha value is -2.41. The quantitative estimate of drug-likeness (QED) is 0.238. The van der Waals surface area contributed by atoms with Gasteiger partial charge >= 0.3 is 5.97 Å². The van der Waals surface area contributed by atoms with Crippen LogP contribution in [0.2, 0.25) is 5.02 Å². The van der Waals surface area contributed by atoms with Crippen molar-refractivity contribution >= 4 is 67.0 Å². The van der Waals surface area contributed by atoms with E-state index >= 15 is 0 Å². The van der Waals surface area contributed by atoms with Gasteiger partial charge < -0.3 is 9.72 Å². The van der Waals surface area contributed by atoms with Gasteiger partial charge in [0.1, 0.15) is 10.6 Å². The molecule has 0 unspecified atom stereocenters. The summed E-state index contributed by atoms with van der Waals surface area (Å²) in [6.07, 6.45) is 1.66. The van der Waals surface area contributed by atoms with E-state index in [1.54, 1.807) is 13.1 Å². The Balaban J connectivity index is 1.76. The van der Waals surface area contributed by atoms with Crippen LogP contribution in [0.5, 0.6) is 0 Å². The average Bonchev–Trinajstić information content (AvgIpc) is 3.29. The number of carbonyl (C=O) groups excluding carboxylic acids is 1. The van der Waals surface area contributed by atoms with Crippen molar-refractivity contribution in [2.75, 3.05) is 6.61 Å². The highest BCUT2D eigenvalue weighted by molar-refractivity contribution is 9.10. The van der Waals surface area contributed by atoms with Gasteiger partial charge in [-0.1, -0.05) is 57.9 Å². The number of benzene rings is 2. The van der Waals surface area contributed by atoms with Crippen molar-refractivity contribution in [1.29, 1.82) is 0 Å². The number of esters is 1. The van der Waals surface area contributed by atoms with Gasteiger partial charge in [0, 0.05) is 26.3 Å². The Kier molecular flexibility index (Phi) is 5.85. The van der Waals surface area contributed by atoms with Crippen molar-refractivity contribution in [3.8, 4) is 11.1 Å². The van der Waals surface area contributed by atoms with Crippen molar-refractivity contribution in [2.45, 2.75) is 6.92 Å². The second-order valence-corrected chi connectivity index (χ2v) is 8.37. The first-order valence-corrected chi connectivity index (χ1v) is 11.0. The second-order valence-electron chi connectivity index (χ2n) is 6.21. The Labute approximate surface area is 185 Å². The maximum absolute atomic E-state index is 12.7. The van der Waals surface area contributed by atoms with Crippen LogP contribution in [0.4, 0.5) is 5.00 Å². The normalized spacial score (nSPS) is 11.4. The third-order valence-electron chi connectivity index (χ3n) is 4.39. The summed E-state index contributed by atoms with van der Waals surface area (Å²) in [7, 11) is 0. The van der Waals surface area contributed by atoms with E-state index in [9.17, 15) is 4.79 Å². The van der Waals surface area contributed by atoms with E-state index in [0.29, 0.717) is 27.9 Å². The molecular formula is C22H16BrClN2O2S. The molecule has 7 heteroatoms. The van der Waals surface area contributed by atoms with Gasteiger partial charge in [0.25, 0.3) is 0 Å². The summed E-state index contributed by atoms with van der Waals surface area (Å²) in [5.74, 6) is -0.387. The summed E-state index contributed by atoms with van der Waals surface area (Å²) in [5, 5.41) is 4.04. The number of H-pyrrole nitrogens is 1. The molecule has 0 amide bonds. The standard InChI is InChI=1S/C22H16BrClN2O2S/c1-2-28-22(27)19-16(13-7-9-14(23)10-8-13)12-29-21(19)25-11-18-20(24)15-5-3-4-6-17(15)26-18/h3-12,26H,2H2,1H3/b25-11+. The molecule has 0 aliphatic rings. The van der Waals surface area contributed by atoms with Crippen LogP contribution < -0.4 is 0 Å². The zero-order valence-electron chi connectivity index (χ0n) is 15.4. The van der Waals surface area contributed by atoms with Crippen LogP contribution in [0, 0.1) is 0 Å². The second kappa shape index (κ2) is 8.53. The summed E-state index contributed by atoms with van der Waals surface area (Å²) in [6, 6.07) is 15.6. The minimum Gasteiger partial charge on any atom is -0.462 e. The Morgan fingerprint density at radius 2 is 2.00 bits per heavy atom. The van der Waals surface area contributed by atoms with Crippen molar-refractivity contribution in [3.63, 3.8) is 0 Å². The summed E-state index contributed by atoms with van der Waals surface area (Å²) in [6.45, 7) is 2.09. The minimum atomic E-state index is -0.387. The lowest BCUT2D eigenvalue weighted by Gasteiger charge is -2.06. The van der Waals surface area contributed by atoms with Gasteiger partial charge in [-0.2, -0.15) is 0 Å². The molecule has 0 fully saturated rings. The van der Waals surface area contributed by atoms with E-state index in [0.717, 1.165) is 26.5 Å². The molecule has 2 heterocycles. The Bertz CT molecular complexity index is 1210. The average molecular weight is 488 g/mol. The third kappa shape index (κ3) is 4.01. The number of hydrogen-bond donors (Lipinski definition) is 1. The number of hydrogen-bond acceptors (Lipinski definition) is 4. The predicted molar refractivity (Wildman–Crippen MR) is 124 cm³/mol. The Morgan fingerprint density at radius 1 is 1.24 bits per heavy atom. The molecule has 146 valence electrons. The topological polar surface area (TPSA) is 54.4 Å². The number of aliphatic imine (C=N–C) groups is 1. The summed E-state index contributed by atoms with van der Waals surface area (Å²) in [5.41, 5.74) is 3.82. The van der Waals surface area contributed by atoms with Crippen molar-refractivity contribution < 1.29 is 9.53 Å². The van der Waals surface area contributed by atoms with Gasteiger partial charge in [-0.25, -0.2) is 9.79 Å². The van der Waals surface area contributed by atoms with Crippen LogP contribution in [-0.4, -0.2) is 23.8 Å². The molecule has 4 rings (SSSR count). The first-order chi connectivity index (χ1) is 14.1. The fraction of sp³-hybridized carbons (Fsp3) is 0.0909. The number of para-hydroxylation sites is 1. The van der Waals surface area contributed by atoms with Crippen LogP contribution in [0.15, 0.2) is 63.4 Å². The molecule has 2 aromatic heterocycles. The van der Waals surface area contributed by atoms with Crippen molar-refractivity contribution in [3.05, 3.63) is 74.7 Å². The molecule has 2 aromatic carbocycles. The van der Waals surface area contributed by atoms with E-state index in [2.05, 4.69) is 25.9 Å². The lowest BCUT2D eigenvalue weighted by Crippen LogP contribution is -2.05. The third-order valence-corrected chi connectivity index (χ3v) is 6.21. The highest BCUT2D eigenvalue weighted by atomic mass is 79.9. The molecule has 0 bridgehead atoms. The van der Waals surface area contributed by atoms with E-state index in [-0.39, 0.29) is 5.97 Å². The number of fused-ring (bicyclic) bond motifs is 1. The number of halogens is 2. The number of aromatic amines is 1. The predicted octanol–water partition coefficient (Wildman–Crippen LogP) is 7.24. The van der Waals surface area contributed by atoms with E-state index in [4.69, 9.17) is 16.3 Å². The molecule has 1 N–H and O–H groups in total. The van der Waals surface area contributed by atoms with Gasteiger partial charge in [-0.3, -0.25) is 0 Å². The molecule has 0 saturated heterocycles. The van der Waals surface area contributed by atoms with Crippen LogP contribution in [0.1, 0.15) is 23.0 Å². The van der Waals surface area contributed by atoms with Gasteiger partial charge in [0.15, 0.2) is 0 Å². The number of carbonyl (C=O) groups is 1. The fourth-order valence-electron chi connectivity index (χ4n) is 3.03. The first kappa shape index (κ1) is 19.9. The zero-order valence-corrected chi connectivity index (χ0v) is 18.6. The molecule has 0 aliphatic carbocycles. The first-order valence-electron chi connectivity index (χ1n) is 8.93. The Morgan fingerprint density at radius 3 is 2.72 bits per heavy atom. The molecule has 0 radical (unpaired) electrons. The van der Waals surface area contributed by atoms with E-state index < -0.39 is 0 Å². The number of thiophene rings is 1. The van der Waals surface area contributed by atoms with Crippen LogP contribution in [0.3, 0.4) is 0 Å². The molecular weight excluding hydrogens is 472 g/mol. The summed E-state index contributed by atoms with van der Waals surface area (Å²) >= 11 is 11.3. The molecule has 29 heavy (non-hydrogen) atoms. The fourth-order valence-corrected chi connectivity index (χ4v) is 4.46. The van der Waals surface area contributed by atoms with Crippen molar-refractivity contribution in [1.82, 2.24) is 4.98 Å². The lowest BCUT2D eigenvalue weighted by atomic mass is 10.0. The van der Waals surface area contributed by atoms with Gasteiger partial charge in [-0.15, -0.1) is 11.3 Å². The largest absolute Gasteiger partial charge is 0.462 e. The summed E-state index contributed by atoms with van der Waals surface area (Å²) in [4.78, 5) is 20.5. The van der Waals surface area contributed by atoms with Gasteiger partial charge in [-0.05, 0) is 30.7 Å². The zero-order chi connectivity index (χ0) is 20.4. The minimum absolute atomic E-state index is 0.297. The summed E-state index contributed by atoms with van der Waals surface area (Å²) < 4.78 is 6.26. The molecule has 4 aromatic rings. The maximum Gasteiger partial charge on any atom is 0.341 e. The molecule has 0 atom stereocenters. The van der Waals surface area contributed by atoms with Crippen LogP contribution in [0.25, 0.3) is 22.0 Å². The van der Waals surface area contributed by atoms with E-state index in [1.807, 2.05) is 53.9 Å². The van der Waals surface area contributed by atoms with Gasteiger partial charge in [0.05, 0.1) is 23.5 Å². The molecule has 0 saturated carbocycles. The van der Waals surface area contributed by atoms with Gasteiger partial charge in [0.2, 0.25) is 0 Å². The SMILES string of the molecule is CCOC(=O)c1c(-c2ccc(Br)cc2)csc1/N=C/c1[nH]c2ccccc2c1Cl. The number of ether oxygens (including phenoxy) is 1. The van der Waals surface area contributed by atoms with E-state index in [1.165, 1.54) is 11.3 Å². The van der Waals surface area contributed by atoms with Crippen LogP contribution >= 0.6 is 38.9 Å². The molecule has 4 nitrogen and oxygen atoms in total. The number of nitrogens with zero attached hydrogens (tertiary/aromatic N) is 1. The van der Waals surface area contributed by atoms with Crippen LogP contribution in [-0.2, 0) is 4.74 Å². The highest BCUT2D eigenvalue weighted by Crippen LogP contribution is 2.38. The van der Waals surface area contributed by atoms with Crippen molar-refractivity contribution in [2.24, 2.45) is 4.99 Å². The molecule has 0 spiro atoms. The number of rotatable bonds is 5. The number of aromatic nitrogens is 1. The smallest absolute Gasteiger partial charge is 0.341 e. The lowest BCUT2D eigenvalue weighted by molar-refractivity contribution is 0.0529. The highest BCUT2D eigenvalue weighted by Gasteiger charge is 2.21. The monoisotopic (exact) mass is 486 g/mol. The number of nitrogens with one attached hydrogen (secondary N) is 1. The molecule has 0 aliphatic heterocycles.